The van der Waals surface area contributed by atoms with E-state index < -0.39 is 0 Å². The predicted molar refractivity (Wildman–Crippen MR) is 104 cm³/mol. The van der Waals surface area contributed by atoms with Gasteiger partial charge in [0.1, 0.15) is 12.4 Å². The van der Waals surface area contributed by atoms with Gasteiger partial charge in [-0.2, -0.15) is 0 Å². The molecule has 0 N–H and O–H groups in total. The van der Waals surface area contributed by atoms with Crippen LogP contribution in [-0.2, 0) is 17.9 Å². The van der Waals surface area contributed by atoms with Crippen LogP contribution in [0.1, 0.15) is 55.2 Å². The van der Waals surface area contributed by atoms with E-state index in [0.717, 1.165) is 68.5 Å². The molecule has 6 nitrogen and oxygen atoms in total. The highest BCUT2D eigenvalue weighted by Crippen LogP contribution is 2.39. The van der Waals surface area contributed by atoms with E-state index >= 15 is 0 Å². The van der Waals surface area contributed by atoms with Gasteiger partial charge in [0.2, 0.25) is 0 Å². The number of halogens is 1. The average Bonchev–Trinajstić information content (AvgIpc) is 3.30. The molecule has 3 aliphatic rings. The molecule has 0 bridgehead atoms. The molecular formula is C20H24ClN5O. The van der Waals surface area contributed by atoms with E-state index in [4.69, 9.17) is 16.4 Å². The first-order chi connectivity index (χ1) is 13.2. The minimum absolute atomic E-state index is 0.442. The molecular weight excluding hydrogens is 362 g/mol. The van der Waals surface area contributed by atoms with Crippen molar-refractivity contribution in [2.45, 2.75) is 51.1 Å². The van der Waals surface area contributed by atoms with Gasteiger partial charge >= 0.3 is 0 Å². The molecule has 0 saturated heterocycles. The van der Waals surface area contributed by atoms with Gasteiger partial charge in [-0.3, -0.25) is 9.47 Å². The molecule has 1 aliphatic carbocycles. The fourth-order valence-electron chi connectivity index (χ4n) is 4.73. The molecule has 1 aromatic carbocycles. The first-order valence-corrected chi connectivity index (χ1v) is 10.2. The maximum Gasteiger partial charge on any atom is 0.151 e. The van der Waals surface area contributed by atoms with Crippen molar-refractivity contribution in [2.75, 3.05) is 13.7 Å². The van der Waals surface area contributed by atoms with Crippen molar-refractivity contribution >= 4 is 17.3 Å². The summed E-state index contributed by atoms with van der Waals surface area (Å²) in [5.74, 6) is 3.14. The van der Waals surface area contributed by atoms with Crippen LogP contribution in [0.3, 0.4) is 0 Å². The number of hydrogen-bond acceptors (Lipinski definition) is 5. The van der Waals surface area contributed by atoms with Crippen molar-refractivity contribution in [3.8, 4) is 5.69 Å². The van der Waals surface area contributed by atoms with Crippen LogP contribution in [0.2, 0.25) is 5.02 Å². The summed E-state index contributed by atoms with van der Waals surface area (Å²) in [6.07, 6.45) is 5.56. The van der Waals surface area contributed by atoms with Crippen LogP contribution in [-0.4, -0.2) is 39.0 Å². The van der Waals surface area contributed by atoms with Crippen LogP contribution in [0.15, 0.2) is 23.4 Å². The zero-order valence-electron chi connectivity index (χ0n) is 15.6. The summed E-state index contributed by atoms with van der Waals surface area (Å²) >= 11 is 6.26. The van der Waals surface area contributed by atoms with E-state index in [1.807, 2.05) is 6.07 Å². The molecule has 0 atom stereocenters. The zero-order valence-corrected chi connectivity index (χ0v) is 16.3. The normalized spacial score (nSPS) is 25.3. The number of hydrogen-bond donors (Lipinski definition) is 0. The van der Waals surface area contributed by atoms with Crippen molar-refractivity contribution in [2.24, 2.45) is 11.1 Å². The van der Waals surface area contributed by atoms with Gasteiger partial charge < -0.3 is 4.84 Å². The number of aromatic nitrogens is 3. The highest BCUT2D eigenvalue weighted by molar-refractivity contribution is 6.30. The zero-order chi connectivity index (χ0) is 18.4. The van der Waals surface area contributed by atoms with Gasteiger partial charge in [0.05, 0.1) is 17.9 Å². The van der Waals surface area contributed by atoms with Gasteiger partial charge in [0, 0.05) is 29.8 Å². The molecule has 1 saturated carbocycles. The summed E-state index contributed by atoms with van der Waals surface area (Å²) in [4.78, 5) is 7.47. The largest absolute Gasteiger partial charge is 0.395 e. The third kappa shape index (κ3) is 3.15. The number of oxime groups is 1. The summed E-state index contributed by atoms with van der Waals surface area (Å²) in [6, 6.07) is 6.15. The molecule has 3 heterocycles. The minimum Gasteiger partial charge on any atom is -0.395 e. The van der Waals surface area contributed by atoms with Crippen LogP contribution in [0.5, 0.6) is 0 Å². The molecule has 27 heavy (non-hydrogen) atoms. The maximum absolute atomic E-state index is 6.26. The van der Waals surface area contributed by atoms with Gasteiger partial charge in [-0.1, -0.05) is 16.8 Å². The van der Waals surface area contributed by atoms with Crippen LogP contribution in [0, 0.1) is 5.92 Å². The summed E-state index contributed by atoms with van der Waals surface area (Å²) in [5, 5.41) is 14.2. The lowest BCUT2D eigenvalue weighted by molar-refractivity contribution is 0.173. The van der Waals surface area contributed by atoms with Crippen molar-refractivity contribution in [1.82, 2.24) is 19.7 Å². The molecule has 5 rings (SSSR count). The van der Waals surface area contributed by atoms with E-state index in [1.54, 1.807) is 0 Å². The molecule has 1 fully saturated rings. The van der Waals surface area contributed by atoms with Gasteiger partial charge in [0.15, 0.2) is 5.82 Å². The van der Waals surface area contributed by atoms with Gasteiger partial charge in [-0.05, 0) is 56.5 Å². The number of nitrogens with zero attached hydrogens (tertiary/aromatic N) is 5. The Morgan fingerprint density at radius 2 is 1.89 bits per heavy atom. The molecule has 2 aliphatic heterocycles. The SMILES string of the molecule is CN1Cc2cc(Cl)ccc2-n2c(nnc2C2CCC(C3=NOCC3)CC2)C1. The van der Waals surface area contributed by atoms with E-state index in [2.05, 4.69) is 44.0 Å². The summed E-state index contributed by atoms with van der Waals surface area (Å²) in [7, 11) is 2.12. The Hall–Kier alpha value is -1.92. The fraction of sp³-hybridized carbons (Fsp3) is 0.550. The molecule has 2 aromatic rings. The van der Waals surface area contributed by atoms with E-state index in [9.17, 15) is 0 Å². The van der Waals surface area contributed by atoms with Crippen LogP contribution < -0.4 is 0 Å². The van der Waals surface area contributed by atoms with Crippen LogP contribution in [0.25, 0.3) is 5.69 Å². The van der Waals surface area contributed by atoms with Gasteiger partial charge in [0.25, 0.3) is 0 Å². The fourth-order valence-corrected chi connectivity index (χ4v) is 4.93. The molecule has 1 aromatic heterocycles. The van der Waals surface area contributed by atoms with Crippen LogP contribution in [0.4, 0.5) is 0 Å². The monoisotopic (exact) mass is 385 g/mol. The quantitative estimate of drug-likeness (QED) is 0.786. The van der Waals surface area contributed by atoms with Crippen LogP contribution >= 0.6 is 11.6 Å². The Bertz CT molecular complexity index is 884. The Balaban J connectivity index is 1.46. The second kappa shape index (κ2) is 6.91. The van der Waals surface area contributed by atoms with Crippen molar-refractivity contribution in [3.05, 3.63) is 40.4 Å². The molecule has 0 unspecified atom stereocenters. The number of fused-ring (bicyclic) bond motifs is 3. The third-order valence-corrected chi connectivity index (χ3v) is 6.32. The summed E-state index contributed by atoms with van der Waals surface area (Å²) < 4.78 is 2.29. The van der Waals surface area contributed by atoms with E-state index in [0.29, 0.717) is 11.8 Å². The standard InChI is InChI=1S/C20H24ClN5O/c1-25-11-15-10-16(21)6-7-18(15)26-19(12-25)22-23-20(26)14-4-2-13(3-5-14)17-8-9-27-24-17/h6-7,10,13-14H,2-5,8-9,11-12H2,1H3. The smallest absolute Gasteiger partial charge is 0.151 e. The molecule has 0 spiro atoms. The lowest BCUT2D eigenvalue weighted by Gasteiger charge is -2.28. The Kier molecular flexibility index (Phi) is 4.40. The molecule has 0 amide bonds. The Morgan fingerprint density at radius 1 is 1.07 bits per heavy atom. The minimum atomic E-state index is 0.442. The van der Waals surface area contributed by atoms with E-state index in [1.165, 1.54) is 17.0 Å². The number of benzene rings is 1. The third-order valence-electron chi connectivity index (χ3n) is 6.08. The van der Waals surface area contributed by atoms with Gasteiger partial charge in [-0.25, -0.2) is 0 Å². The predicted octanol–water partition coefficient (Wildman–Crippen LogP) is 3.92. The Morgan fingerprint density at radius 3 is 2.67 bits per heavy atom. The van der Waals surface area contributed by atoms with Crippen molar-refractivity contribution < 1.29 is 4.84 Å². The maximum atomic E-state index is 6.26. The van der Waals surface area contributed by atoms with Gasteiger partial charge in [-0.15, -0.1) is 10.2 Å². The molecule has 142 valence electrons. The second-order valence-corrected chi connectivity index (χ2v) is 8.41. The summed E-state index contributed by atoms with van der Waals surface area (Å²) in [5.41, 5.74) is 3.67. The summed E-state index contributed by atoms with van der Waals surface area (Å²) in [6.45, 7) is 2.41. The first-order valence-electron chi connectivity index (χ1n) is 9.79. The second-order valence-electron chi connectivity index (χ2n) is 7.97. The molecule has 0 radical (unpaired) electrons. The van der Waals surface area contributed by atoms with E-state index in [-0.39, 0.29) is 0 Å². The first kappa shape index (κ1) is 17.2. The van der Waals surface area contributed by atoms with Crippen molar-refractivity contribution in [1.29, 1.82) is 0 Å². The lowest BCUT2D eigenvalue weighted by Crippen LogP contribution is -2.22. The Labute approximate surface area is 164 Å². The number of rotatable bonds is 2. The highest BCUT2D eigenvalue weighted by atomic mass is 35.5. The average molecular weight is 386 g/mol. The highest BCUT2D eigenvalue weighted by Gasteiger charge is 2.32. The molecule has 7 heteroatoms. The topological polar surface area (TPSA) is 55.5 Å². The van der Waals surface area contributed by atoms with Crippen molar-refractivity contribution in [3.63, 3.8) is 0 Å². The lowest BCUT2D eigenvalue weighted by atomic mass is 9.79.